The van der Waals surface area contributed by atoms with Crippen LogP contribution < -0.4 is 13.6 Å². The molecule has 0 heterocycles. The minimum atomic E-state index is -1.38. The monoisotopic (exact) mass is 678 g/mol. The molecule has 1 aliphatic rings. The lowest BCUT2D eigenvalue weighted by Crippen LogP contribution is -2.18. The van der Waals surface area contributed by atoms with E-state index in [1.807, 2.05) is 79.5 Å². The van der Waals surface area contributed by atoms with Crippen LogP contribution in [0.5, 0.6) is 17.2 Å². The topological polar surface area (TPSA) is 54.0 Å². The molecule has 0 N–H and O–H groups in total. The van der Waals surface area contributed by atoms with Crippen molar-refractivity contribution in [3.63, 3.8) is 0 Å². The van der Waals surface area contributed by atoms with Crippen molar-refractivity contribution in [2.45, 2.75) is 59.0 Å². The van der Waals surface area contributed by atoms with E-state index in [0.717, 1.165) is 46.2 Å². The third kappa shape index (κ3) is 8.84. The van der Waals surface area contributed by atoms with E-state index in [-0.39, 0.29) is 11.4 Å². The van der Waals surface area contributed by atoms with Gasteiger partial charge in [-0.3, -0.25) is 4.79 Å². The quantitative estimate of drug-likeness (QED) is 0.0477. The number of allylic oxidation sites excluding steroid dienone is 6. The Hall–Kier alpha value is -4.17. The molecule has 0 saturated carbocycles. The molecule has 48 heavy (non-hydrogen) atoms. The van der Waals surface area contributed by atoms with Crippen molar-refractivity contribution in [2.24, 2.45) is 0 Å². The van der Waals surface area contributed by atoms with Gasteiger partial charge in [0.2, 0.25) is 5.78 Å². The summed E-state index contributed by atoms with van der Waals surface area (Å²) < 4.78 is 25.8. The highest BCUT2D eigenvalue weighted by Gasteiger charge is 2.32. The summed E-state index contributed by atoms with van der Waals surface area (Å²) in [5, 5.41) is 2.25. The molecular weight excluding hydrogens is 634 g/mol. The van der Waals surface area contributed by atoms with Gasteiger partial charge in [0.1, 0.15) is 23.0 Å². The molecule has 0 saturated heterocycles. The Balaban J connectivity index is 1.35. The Morgan fingerprint density at radius 3 is 2.21 bits per heavy atom. The van der Waals surface area contributed by atoms with Crippen molar-refractivity contribution in [2.75, 3.05) is 6.66 Å². The molecule has 0 amide bonds. The number of rotatable bonds is 15. The summed E-state index contributed by atoms with van der Waals surface area (Å²) in [4.78, 5) is 14.3. The molecule has 0 fully saturated rings. The van der Waals surface area contributed by atoms with Crippen LogP contribution in [0.1, 0.15) is 74.0 Å². The second kappa shape index (κ2) is 16.8. The largest absolute Gasteiger partial charge is 0.443 e. The molecular formula is C41H44O5P2. The minimum Gasteiger partial charge on any atom is -0.443 e. The van der Waals surface area contributed by atoms with Crippen LogP contribution in [-0.4, -0.2) is 18.1 Å². The molecule has 2 atom stereocenters. The van der Waals surface area contributed by atoms with Gasteiger partial charge in [0, 0.05) is 18.7 Å². The molecule has 5 nitrogen and oxygen atoms in total. The van der Waals surface area contributed by atoms with E-state index in [0.29, 0.717) is 35.5 Å². The molecule has 2 unspecified atom stereocenters. The van der Waals surface area contributed by atoms with Crippen molar-refractivity contribution in [3.05, 3.63) is 149 Å². The van der Waals surface area contributed by atoms with E-state index < -0.39 is 16.8 Å². The van der Waals surface area contributed by atoms with Crippen LogP contribution >= 0.6 is 16.8 Å². The zero-order valence-electron chi connectivity index (χ0n) is 28.4. The smallest absolute Gasteiger partial charge is 0.292 e. The van der Waals surface area contributed by atoms with Crippen molar-refractivity contribution in [1.82, 2.24) is 0 Å². The number of carbonyl (C=O) groups excluding carboxylic acids is 1. The van der Waals surface area contributed by atoms with Gasteiger partial charge in [-0.05, 0) is 78.4 Å². The van der Waals surface area contributed by atoms with E-state index in [2.05, 4.69) is 64.6 Å². The second-order valence-corrected chi connectivity index (χ2v) is 15.2. The average Bonchev–Trinajstić information content (AvgIpc) is 3.07. The lowest BCUT2D eigenvalue weighted by Gasteiger charge is -2.27. The maximum absolute atomic E-state index is 14.3. The summed E-state index contributed by atoms with van der Waals surface area (Å²) in [5.41, 5.74) is 4.34. The van der Waals surface area contributed by atoms with Gasteiger partial charge < -0.3 is 18.1 Å². The third-order valence-corrected chi connectivity index (χ3v) is 10.4. The lowest BCUT2D eigenvalue weighted by atomic mass is 9.84. The van der Waals surface area contributed by atoms with Crippen LogP contribution in [0.25, 0.3) is 10.8 Å². The summed E-state index contributed by atoms with van der Waals surface area (Å²) >= 11 is 0. The first-order valence-corrected chi connectivity index (χ1v) is 19.3. The second-order valence-electron chi connectivity index (χ2n) is 12.0. The first kappa shape index (κ1) is 35.1. The fraction of sp³-hybridized carbons (Fsp3) is 0.244. The maximum atomic E-state index is 14.3. The fourth-order valence-electron chi connectivity index (χ4n) is 5.51. The minimum absolute atomic E-state index is 0.0949. The molecule has 0 bridgehead atoms. The van der Waals surface area contributed by atoms with E-state index >= 15 is 0 Å². The number of hydrogen-bond acceptors (Lipinski definition) is 5. The van der Waals surface area contributed by atoms with E-state index in [4.69, 9.17) is 18.1 Å². The van der Waals surface area contributed by atoms with Gasteiger partial charge in [-0.15, -0.1) is 0 Å². The van der Waals surface area contributed by atoms with Gasteiger partial charge in [0.05, 0.1) is 11.1 Å². The van der Waals surface area contributed by atoms with Crippen LogP contribution in [0, 0.1) is 0 Å². The summed E-state index contributed by atoms with van der Waals surface area (Å²) in [5.74, 6) is 2.56. The number of benzene rings is 4. The first-order valence-electron chi connectivity index (χ1n) is 16.4. The van der Waals surface area contributed by atoms with Crippen molar-refractivity contribution >= 4 is 33.3 Å². The summed E-state index contributed by atoms with van der Waals surface area (Å²) in [6.07, 6.45) is 13.1. The van der Waals surface area contributed by atoms with E-state index in [1.54, 1.807) is 6.08 Å². The van der Waals surface area contributed by atoms with Crippen LogP contribution in [0.3, 0.4) is 0 Å². The van der Waals surface area contributed by atoms with Crippen LogP contribution in [0.2, 0.25) is 0 Å². The predicted molar refractivity (Wildman–Crippen MR) is 202 cm³/mol. The zero-order valence-corrected chi connectivity index (χ0v) is 30.2. The van der Waals surface area contributed by atoms with Crippen molar-refractivity contribution in [3.8, 4) is 17.2 Å². The molecule has 1 aliphatic carbocycles. The number of fused-ring (bicyclic) bond motifs is 3. The van der Waals surface area contributed by atoms with Gasteiger partial charge >= 0.3 is 0 Å². The molecule has 0 spiro atoms. The van der Waals surface area contributed by atoms with Crippen LogP contribution in [0.4, 0.5) is 0 Å². The molecule has 248 valence electrons. The molecule has 0 aliphatic heterocycles. The number of carbonyl (C=O) groups is 1. The Morgan fingerprint density at radius 1 is 0.854 bits per heavy atom. The zero-order chi connectivity index (χ0) is 34.0. The molecule has 0 radical (unpaired) electrons. The highest BCUT2D eigenvalue weighted by atomic mass is 31.2. The molecule has 4 aromatic rings. The molecule has 7 heteroatoms. The summed E-state index contributed by atoms with van der Waals surface area (Å²) in [6.45, 7) is 14.0. The van der Waals surface area contributed by atoms with Gasteiger partial charge in [-0.2, -0.15) is 0 Å². The van der Waals surface area contributed by atoms with Gasteiger partial charge in [0.25, 0.3) is 16.8 Å². The average molecular weight is 679 g/mol. The Labute approximate surface area is 287 Å². The van der Waals surface area contributed by atoms with Gasteiger partial charge in [0.15, 0.2) is 0 Å². The first-order chi connectivity index (χ1) is 23.3. The van der Waals surface area contributed by atoms with E-state index in [9.17, 15) is 4.79 Å². The van der Waals surface area contributed by atoms with Crippen LogP contribution in [0.15, 0.2) is 127 Å². The third-order valence-electron chi connectivity index (χ3n) is 7.85. The SMILES string of the molecule is C=C/C=C\C/C(C)=C\C/C(=C\CC)OP(Oc1cccc2c1C(=O)c1c(cccc1OP(C)Oc1ccc3ccccc3c1)C2)C(C)C. The van der Waals surface area contributed by atoms with Crippen molar-refractivity contribution < 1.29 is 22.9 Å². The van der Waals surface area contributed by atoms with Crippen molar-refractivity contribution in [1.29, 1.82) is 0 Å². The number of hydrogen-bond donors (Lipinski definition) is 0. The maximum Gasteiger partial charge on any atom is 0.292 e. The normalized spacial score (nSPS) is 14.4. The predicted octanol–water partition coefficient (Wildman–Crippen LogP) is 12.3. The Kier molecular flexibility index (Phi) is 12.3. The molecule has 5 rings (SSSR count). The fourth-order valence-corrected chi connectivity index (χ4v) is 7.57. The molecule has 0 aromatic heterocycles. The van der Waals surface area contributed by atoms with E-state index in [1.165, 1.54) is 5.57 Å². The highest BCUT2D eigenvalue weighted by molar-refractivity contribution is 7.48. The Morgan fingerprint density at radius 2 is 1.54 bits per heavy atom. The van der Waals surface area contributed by atoms with Gasteiger partial charge in [-0.25, -0.2) is 0 Å². The lowest BCUT2D eigenvalue weighted by molar-refractivity contribution is 0.103. The standard InChI is InChI=1S/C41H44O5P2/c1-7-9-10-16-30(5)23-25-35(15-8-2)44-48(29(3)4)46-38-22-14-20-34-27-33-19-13-21-37(39(33)41(42)40(34)38)45-47(6)43-36-26-24-31-17-11-12-18-32(31)28-36/h7,9-15,17-24,26,28-29H,1,8,16,25,27H2,2-6H3/b10-9-,30-23-,35-15+. The molecule has 4 aromatic carbocycles. The number of ketones is 1. The Bertz CT molecular complexity index is 1860. The highest BCUT2D eigenvalue weighted by Crippen LogP contribution is 2.50. The summed E-state index contributed by atoms with van der Waals surface area (Å²) in [7, 11) is -2.75. The summed E-state index contributed by atoms with van der Waals surface area (Å²) in [6, 6.07) is 25.8. The van der Waals surface area contributed by atoms with Gasteiger partial charge in [-0.1, -0.05) is 112 Å². The van der Waals surface area contributed by atoms with Crippen LogP contribution in [-0.2, 0) is 10.9 Å².